The van der Waals surface area contributed by atoms with Crippen molar-refractivity contribution in [2.24, 2.45) is 5.92 Å². The van der Waals surface area contributed by atoms with Crippen molar-refractivity contribution in [3.63, 3.8) is 0 Å². The highest BCUT2D eigenvalue weighted by atomic mass is 32.2. The Hall–Kier alpha value is -1.15. The van der Waals surface area contributed by atoms with Crippen LogP contribution in [0.1, 0.15) is 56.1 Å². The molecule has 0 saturated carbocycles. The summed E-state index contributed by atoms with van der Waals surface area (Å²) in [4.78, 5) is 16.7. The fourth-order valence-corrected chi connectivity index (χ4v) is 6.27. The lowest BCUT2D eigenvalue weighted by Gasteiger charge is -2.33. The van der Waals surface area contributed by atoms with Gasteiger partial charge in [0.25, 0.3) is 0 Å². The molecule has 2 saturated heterocycles. The molecule has 0 radical (unpaired) electrons. The topological polar surface area (TPSA) is 48.0 Å². The van der Waals surface area contributed by atoms with Crippen LogP contribution in [0.2, 0.25) is 0 Å². The van der Waals surface area contributed by atoms with E-state index in [9.17, 15) is 4.79 Å². The molecule has 2 aromatic rings. The number of nitrogens with zero attached hydrogens (tertiary/aromatic N) is 1. The summed E-state index contributed by atoms with van der Waals surface area (Å²) in [7, 11) is 0. The van der Waals surface area contributed by atoms with Gasteiger partial charge >= 0.3 is 6.09 Å². The molecule has 4 heterocycles. The van der Waals surface area contributed by atoms with Gasteiger partial charge in [0.15, 0.2) is 6.29 Å². The predicted molar refractivity (Wildman–Crippen MR) is 113 cm³/mol. The molecule has 0 aliphatic carbocycles. The van der Waals surface area contributed by atoms with E-state index in [1.54, 1.807) is 11.3 Å². The van der Waals surface area contributed by atoms with E-state index >= 15 is 0 Å². The molecule has 0 unspecified atom stereocenters. The fourth-order valence-electron chi connectivity index (χ4n) is 3.75. The Morgan fingerprint density at radius 2 is 1.89 bits per heavy atom. The summed E-state index contributed by atoms with van der Waals surface area (Å²) in [6.45, 7) is 8.75. The quantitative estimate of drug-likeness (QED) is 0.643. The molecule has 2 aliphatic rings. The molecule has 2 aromatic heterocycles. The molecule has 2 fully saturated rings. The number of thiophene rings is 2. The second-order valence-corrected chi connectivity index (χ2v) is 11.1. The van der Waals surface area contributed by atoms with Crippen molar-refractivity contribution in [3.8, 4) is 0 Å². The van der Waals surface area contributed by atoms with Crippen molar-refractivity contribution in [3.05, 3.63) is 21.9 Å². The van der Waals surface area contributed by atoms with Gasteiger partial charge in [0, 0.05) is 23.4 Å². The van der Waals surface area contributed by atoms with Crippen LogP contribution in [0, 0.1) is 5.92 Å². The molecule has 5 nitrogen and oxygen atoms in total. The largest absolute Gasteiger partial charge is 0.444 e. The van der Waals surface area contributed by atoms with Crippen molar-refractivity contribution in [1.82, 2.24) is 4.90 Å². The summed E-state index contributed by atoms with van der Waals surface area (Å²) in [5, 5.41) is 1.32. The first-order valence-corrected chi connectivity index (χ1v) is 11.7. The maximum Gasteiger partial charge on any atom is 0.410 e. The Labute approximate surface area is 174 Å². The molecule has 4 rings (SSSR count). The van der Waals surface area contributed by atoms with Crippen LogP contribution in [0.5, 0.6) is 0 Å². The number of piperidine rings is 1. The molecule has 7 heteroatoms. The normalized spacial score (nSPS) is 19.6. The van der Waals surface area contributed by atoms with Gasteiger partial charge in [0.05, 0.1) is 22.1 Å². The molecule has 0 spiro atoms. The zero-order valence-corrected chi connectivity index (χ0v) is 18.5. The lowest BCUT2D eigenvalue weighted by molar-refractivity contribution is -0.0412. The minimum absolute atomic E-state index is 0.164. The van der Waals surface area contributed by atoms with Crippen LogP contribution in [0.3, 0.4) is 0 Å². The average Bonchev–Trinajstić information content (AvgIpc) is 3.34. The second kappa shape index (κ2) is 8.30. The summed E-state index contributed by atoms with van der Waals surface area (Å²) in [5.74, 6) is 0.690. The number of carbonyl (C=O) groups excluding carboxylic acids is 1. The summed E-state index contributed by atoms with van der Waals surface area (Å²) in [5.41, 5.74) is -0.421. The molecular weight excluding hydrogens is 394 g/mol. The highest BCUT2D eigenvalue weighted by Crippen LogP contribution is 2.39. The molecule has 0 bridgehead atoms. The summed E-state index contributed by atoms with van der Waals surface area (Å²) in [6.07, 6.45) is 4.12. The third-order valence-corrected chi connectivity index (χ3v) is 7.68. The van der Waals surface area contributed by atoms with Crippen LogP contribution in [0.4, 0.5) is 4.79 Å². The lowest BCUT2D eigenvalue weighted by Crippen LogP contribution is -2.41. The molecule has 0 aromatic carbocycles. The fraction of sp³-hybridized carbons (Fsp3) is 0.667. The van der Waals surface area contributed by atoms with Crippen molar-refractivity contribution in [2.45, 2.75) is 58.3 Å². The number of hydrogen-bond acceptors (Lipinski definition) is 6. The Bertz CT molecular complexity index is 777. The lowest BCUT2D eigenvalue weighted by atomic mass is 9.92. The smallest absolute Gasteiger partial charge is 0.410 e. The first-order valence-electron chi connectivity index (χ1n) is 10.1. The molecule has 2 aliphatic heterocycles. The third-order valence-electron chi connectivity index (χ3n) is 5.20. The van der Waals surface area contributed by atoms with Crippen molar-refractivity contribution in [1.29, 1.82) is 0 Å². The summed E-state index contributed by atoms with van der Waals surface area (Å²) < 4.78 is 18.1. The Kier molecular flexibility index (Phi) is 5.97. The van der Waals surface area contributed by atoms with E-state index < -0.39 is 5.60 Å². The molecule has 0 atom stereocenters. The predicted octanol–water partition coefficient (Wildman–Crippen LogP) is 5.59. The number of hydrogen-bond donors (Lipinski definition) is 0. The summed E-state index contributed by atoms with van der Waals surface area (Å²) in [6, 6.07) is 4.54. The zero-order chi connectivity index (χ0) is 19.7. The maximum atomic E-state index is 12.2. The van der Waals surface area contributed by atoms with Gasteiger partial charge in [-0.1, -0.05) is 0 Å². The highest BCUT2D eigenvalue weighted by Gasteiger charge is 2.27. The van der Waals surface area contributed by atoms with E-state index in [-0.39, 0.29) is 12.4 Å². The Morgan fingerprint density at radius 1 is 1.18 bits per heavy atom. The number of likely N-dealkylation sites (tertiary alicyclic amines) is 1. The molecule has 1 amide bonds. The van der Waals surface area contributed by atoms with Crippen LogP contribution in [-0.2, 0) is 20.6 Å². The van der Waals surface area contributed by atoms with E-state index in [0.717, 1.165) is 32.4 Å². The average molecular weight is 424 g/mol. The van der Waals surface area contributed by atoms with E-state index in [0.29, 0.717) is 19.1 Å². The first-order chi connectivity index (χ1) is 13.4. The van der Waals surface area contributed by atoms with Crippen LogP contribution in [0.25, 0.3) is 9.40 Å². The van der Waals surface area contributed by atoms with E-state index in [1.165, 1.54) is 25.6 Å². The van der Waals surface area contributed by atoms with Gasteiger partial charge in [0.1, 0.15) is 5.60 Å². The highest BCUT2D eigenvalue weighted by molar-refractivity contribution is 7.38. The number of aryl methyl sites for hydroxylation is 1. The van der Waals surface area contributed by atoms with Crippen LogP contribution < -0.4 is 0 Å². The maximum absolute atomic E-state index is 12.2. The number of rotatable bonds is 4. The Balaban J connectivity index is 1.25. The van der Waals surface area contributed by atoms with Gasteiger partial charge in [-0.2, -0.15) is 0 Å². The van der Waals surface area contributed by atoms with Crippen molar-refractivity contribution < 1.29 is 19.0 Å². The number of fused-ring (bicyclic) bond motifs is 1. The Morgan fingerprint density at radius 3 is 2.54 bits per heavy atom. The van der Waals surface area contributed by atoms with E-state index in [1.807, 2.05) is 37.0 Å². The van der Waals surface area contributed by atoms with Gasteiger partial charge < -0.3 is 19.1 Å². The minimum atomic E-state index is -0.421. The standard InChI is InChI=1S/C21H29NO4S2/c1-21(2,3)26-20(23)22-8-6-14(7-9-22)4-5-16-12-15-13-17(28-19(15)27-16)18-24-10-11-25-18/h12-14,18H,4-11H2,1-3H3. The monoisotopic (exact) mass is 423 g/mol. The molecule has 0 N–H and O–H groups in total. The molecular formula is C21H29NO4S2. The minimum Gasteiger partial charge on any atom is -0.444 e. The van der Waals surface area contributed by atoms with E-state index in [2.05, 4.69) is 12.1 Å². The van der Waals surface area contributed by atoms with Crippen molar-refractivity contribution in [2.75, 3.05) is 26.3 Å². The van der Waals surface area contributed by atoms with Crippen molar-refractivity contribution >= 4 is 38.2 Å². The van der Waals surface area contributed by atoms with Gasteiger partial charge in [0.2, 0.25) is 0 Å². The zero-order valence-electron chi connectivity index (χ0n) is 16.9. The molecule has 28 heavy (non-hydrogen) atoms. The van der Waals surface area contributed by atoms with Gasteiger partial charge in [-0.25, -0.2) is 4.79 Å². The third kappa shape index (κ3) is 4.87. The van der Waals surface area contributed by atoms with Crippen LogP contribution in [0.15, 0.2) is 12.1 Å². The van der Waals surface area contributed by atoms with Gasteiger partial charge in [-0.3, -0.25) is 0 Å². The first kappa shape index (κ1) is 20.1. The van der Waals surface area contributed by atoms with Gasteiger partial charge in [-0.05, 0) is 64.5 Å². The second-order valence-electron chi connectivity index (χ2n) is 8.63. The number of ether oxygens (including phenoxy) is 3. The SMILES string of the molecule is CC(C)(C)OC(=O)N1CCC(CCc2cc3cc(C4OCCO4)sc3s2)CC1. The number of carbonyl (C=O) groups is 1. The van der Waals surface area contributed by atoms with Gasteiger partial charge in [-0.15, -0.1) is 22.7 Å². The number of amides is 1. The van der Waals surface area contributed by atoms with Crippen LogP contribution in [-0.4, -0.2) is 42.9 Å². The van der Waals surface area contributed by atoms with E-state index in [4.69, 9.17) is 14.2 Å². The summed E-state index contributed by atoms with van der Waals surface area (Å²) >= 11 is 3.70. The van der Waals surface area contributed by atoms with Crippen LogP contribution >= 0.6 is 22.7 Å². The molecule has 154 valence electrons.